The molecular formula is C13H16FN5O2. The van der Waals surface area contributed by atoms with E-state index in [9.17, 15) is 9.18 Å². The van der Waals surface area contributed by atoms with Gasteiger partial charge in [-0.1, -0.05) is 0 Å². The van der Waals surface area contributed by atoms with Crippen molar-refractivity contribution in [1.29, 1.82) is 0 Å². The molecule has 2 aromatic rings. The summed E-state index contributed by atoms with van der Waals surface area (Å²) in [5.74, 6) is 0.0420. The van der Waals surface area contributed by atoms with Crippen LogP contribution < -0.4 is 0 Å². The van der Waals surface area contributed by atoms with Gasteiger partial charge in [0.05, 0.1) is 12.6 Å². The van der Waals surface area contributed by atoms with Crippen LogP contribution in [0.15, 0.2) is 24.3 Å². The number of rotatable bonds is 5. The number of tetrazole rings is 1. The van der Waals surface area contributed by atoms with Crippen molar-refractivity contribution in [1.82, 2.24) is 25.1 Å². The normalized spacial score (nSPS) is 12.1. The Balaban J connectivity index is 2.09. The zero-order valence-corrected chi connectivity index (χ0v) is 11.8. The molecule has 1 atom stereocenters. The maximum atomic E-state index is 12.9. The summed E-state index contributed by atoms with van der Waals surface area (Å²) in [5, 5.41) is 21.0. The number of aromatic nitrogens is 4. The molecule has 0 spiro atoms. The number of carbonyl (C=O) groups is 1. The van der Waals surface area contributed by atoms with Crippen LogP contribution in [-0.2, 0) is 6.54 Å². The zero-order valence-electron chi connectivity index (χ0n) is 11.8. The van der Waals surface area contributed by atoms with E-state index in [0.29, 0.717) is 24.5 Å². The standard InChI is InChI=1S/C13H16FN5O2/c1-3-18(13(20)21)9(2)8-19-16-12(15-17-19)10-4-6-11(14)7-5-10/h4-7,9H,3,8H2,1-2H3,(H,20,21)/t9-/m0/s1. The van der Waals surface area contributed by atoms with Crippen LogP contribution in [-0.4, -0.2) is 48.9 Å². The van der Waals surface area contributed by atoms with Crippen molar-refractivity contribution >= 4 is 6.09 Å². The van der Waals surface area contributed by atoms with E-state index < -0.39 is 6.09 Å². The Bertz CT molecular complexity index is 613. The minimum Gasteiger partial charge on any atom is -0.465 e. The largest absolute Gasteiger partial charge is 0.465 e. The highest BCUT2D eigenvalue weighted by Gasteiger charge is 2.19. The fourth-order valence-corrected chi connectivity index (χ4v) is 2.01. The third kappa shape index (κ3) is 3.53. The van der Waals surface area contributed by atoms with E-state index in [-0.39, 0.29) is 11.9 Å². The molecular weight excluding hydrogens is 277 g/mol. The fraction of sp³-hybridized carbons (Fsp3) is 0.385. The number of amides is 1. The first-order valence-corrected chi connectivity index (χ1v) is 6.54. The molecule has 0 radical (unpaired) electrons. The highest BCUT2D eigenvalue weighted by Crippen LogP contribution is 2.14. The van der Waals surface area contributed by atoms with E-state index in [1.807, 2.05) is 0 Å². The minimum absolute atomic E-state index is 0.275. The first-order valence-electron chi connectivity index (χ1n) is 6.54. The Morgan fingerprint density at radius 2 is 2.10 bits per heavy atom. The van der Waals surface area contributed by atoms with Crippen molar-refractivity contribution in [3.05, 3.63) is 30.1 Å². The van der Waals surface area contributed by atoms with Gasteiger partial charge in [0.15, 0.2) is 0 Å². The summed E-state index contributed by atoms with van der Waals surface area (Å²) in [4.78, 5) is 13.7. The van der Waals surface area contributed by atoms with Crippen LogP contribution in [0, 0.1) is 5.82 Å². The number of hydrogen-bond acceptors (Lipinski definition) is 4. The molecule has 0 aliphatic heterocycles. The molecule has 1 aromatic heterocycles. The van der Waals surface area contributed by atoms with Gasteiger partial charge in [-0.3, -0.25) is 0 Å². The van der Waals surface area contributed by atoms with Crippen molar-refractivity contribution < 1.29 is 14.3 Å². The van der Waals surface area contributed by atoms with Gasteiger partial charge in [0.1, 0.15) is 5.82 Å². The van der Waals surface area contributed by atoms with Gasteiger partial charge >= 0.3 is 6.09 Å². The molecule has 7 nitrogen and oxygen atoms in total. The van der Waals surface area contributed by atoms with Gasteiger partial charge in [0.2, 0.25) is 5.82 Å². The van der Waals surface area contributed by atoms with Crippen LogP contribution in [0.4, 0.5) is 9.18 Å². The van der Waals surface area contributed by atoms with Crippen molar-refractivity contribution in [2.75, 3.05) is 6.54 Å². The van der Waals surface area contributed by atoms with Gasteiger partial charge in [-0.15, -0.1) is 10.2 Å². The third-order valence-electron chi connectivity index (χ3n) is 3.10. The molecule has 0 aliphatic rings. The quantitative estimate of drug-likeness (QED) is 0.909. The molecule has 0 unspecified atom stereocenters. The second-order valence-corrected chi connectivity index (χ2v) is 4.59. The second kappa shape index (κ2) is 6.29. The lowest BCUT2D eigenvalue weighted by molar-refractivity contribution is 0.124. The van der Waals surface area contributed by atoms with Gasteiger partial charge < -0.3 is 10.0 Å². The number of likely N-dealkylation sites (N-methyl/N-ethyl adjacent to an activating group) is 1. The molecule has 1 amide bonds. The zero-order chi connectivity index (χ0) is 15.4. The lowest BCUT2D eigenvalue weighted by Gasteiger charge is -2.23. The van der Waals surface area contributed by atoms with Crippen LogP contribution in [0.3, 0.4) is 0 Å². The molecule has 1 N–H and O–H groups in total. The monoisotopic (exact) mass is 293 g/mol. The van der Waals surface area contributed by atoms with E-state index in [0.717, 1.165) is 0 Å². The SMILES string of the molecule is CCN(C(=O)O)[C@@H](C)Cn1nnc(-c2ccc(F)cc2)n1. The number of nitrogens with zero attached hydrogens (tertiary/aromatic N) is 5. The molecule has 0 saturated carbocycles. The van der Waals surface area contributed by atoms with Crippen LogP contribution in [0.1, 0.15) is 13.8 Å². The lowest BCUT2D eigenvalue weighted by atomic mass is 10.2. The Hall–Kier alpha value is -2.51. The van der Waals surface area contributed by atoms with Gasteiger partial charge in [-0.05, 0) is 43.3 Å². The topological polar surface area (TPSA) is 84.1 Å². The maximum absolute atomic E-state index is 12.9. The molecule has 2 rings (SSSR count). The molecule has 112 valence electrons. The van der Waals surface area contributed by atoms with Crippen molar-refractivity contribution in [3.8, 4) is 11.4 Å². The molecule has 0 saturated heterocycles. The summed E-state index contributed by atoms with van der Waals surface area (Å²) >= 11 is 0. The van der Waals surface area contributed by atoms with Crippen molar-refractivity contribution in [2.24, 2.45) is 0 Å². The number of halogens is 1. The first kappa shape index (κ1) is 14.9. The fourth-order valence-electron chi connectivity index (χ4n) is 2.01. The van der Waals surface area contributed by atoms with E-state index in [4.69, 9.17) is 5.11 Å². The Kier molecular flexibility index (Phi) is 4.46. The predicted octanol–water partition coefficient (Wildman–Crippen LogP) is 1.87. The molecule has 1 aromatic carbocycles. The van der Waals surface area contributed by atoms with E-state index >= 15 is 0 Å². The number of benzene rings is 1. The summed E-state index contributed by atoms with van der Waals surface area (Å²) in [6.45, 7) is 4.23. The van der Waals surface area contributed by atoms with Gasteiger partial charge in [-0.25, -0.2) is 9.18 Å². The molecule has 8 heteroatoms. The van der Waals surface area contributed by atoms with Crippen LogP contribution >= 0.6 is 0 Å². The smallest absolute Gasteiger partial charge is 0.407 e. The molecule has 0 bridgehead atoms. The summed E-state index contributed by atoms with van der Waals surface area (Å²) in [6.07, 6.45) is -0.983. The van der Waals surface area contributed by atoms with Gasteiger partial charge in [0, 0.05) is 12.1 Å². The molecule has 0 aliphatic carbocycles. The number of carboxylic acid groups (broad SMARTS) is 1. The average molecular weight is 293 g/mol. The predicted molar refractivity (Wildman–Crippen MR) is 73.1 cm³/mol. The van der Waals surface area contributed by atoms with Gasteiger partial charge in [0.25, 0.3) is 0 Å². The van der Waals surface area contributed by atoms with Crippen molar-refractivity contribution in [3.63, 3.8) is 0 Å². The number of hydrogen-bond donors (Lipinski definition) is 1. The van der Waals surface area contributed by atoms with Crippen LogP contribution in [0.25, 0.3) is 11.4 Å². The highest BCUT2D eigenvalue weighted by molar-refractivity contribution is 5.65. The Morgan fingerprint density at radius 3 is 2.67 bits per heavy atom. The maximum Gasteiger partial charge on any atom is 0.407 e. The first-order chi connectivity index (χ1) is 10.0. The molecule has 1 heterocycles. The third-order valence-corrected chi connectivity index (χ3v) is 3.10. The second-order valence-electron chi connectivity index (χ2n) is 4.59. The minimum atomic E-state index is -0.983. The average Bonchev–Trinajstić information content (AvgIpc) is 2.88. The Labute approximate surface area is 121 Å². The molecule has 0 fully saturated rings. The van der Waals surface area contributed by atoms with E-state index in [2.05, 4.69) is 15.4 Å². The summed E-state index contributed by atoms with van der Waals surface area (Å²) in [6, 6.07) is 5.50. The lowest BCUT2D eigenvalue weighted by Crippen LogP contribution is -2.40. The van der Waals surface area contributed by atoms with Crippen molar-refractivity contribution in [2.45, 2.75) is 26.4 Å². The van der Waals surface area contributed by atoms with Crippen LogP contribution in [0.2, 0.25) is 0 Å². The van der Waals surface area contributed by atoms with E-state index in [1.165, 1.54) is 21.8 Å². The van der Waals surface area contributed by atoms with E-state index in [1.54, 1.807) is 26.0 Å². The molecule has 21 heavy (non-hydrogen) atoms. The Morgan fingerprint density at radius 1 is 1.43 bits per heavy atom. The summed E-state index contributed by atoms with van der Waals surface area (Å²) in [7, 11) is 0. The highest BCUT2D eigenvalue weighted by atomic mass is 19.1. The summed E-state index contributed by atoms with van der Waals surface area (Å²) in [5.41, 5.74) is 0.654. The van der Waals surface area contributed by atoms with Gasteiger partial charge in [-0.2, -0.15) is 4.80 Å². The van der Waals surface area contributed by atoms with Crippen LogP contribution in [0.5, 0.6) is 0 Å². The summed E-state index contributed by atoms with van der Waals surface area (Å²) < 4.78 is 12.9.